The molecule has 1 aliphatic rings. The largest absolute Gasteiger partial charge is 0.493 e. The highest BCUT2D eigenvalue weighted by Gasteiger charge is 2.40. The van der Waals surface area contributed by atoms with Crippen LogP contribution in [0.3, 0.4) is 0 Å². The maximum Gasteiger partial charge on any atom is 0.338 e. The number of carbonyl (C=O) groups excluding carboxylic acids is 1. The summed E-state index contributed by atoms with van der Waals surface area (Å²) in [6, 6.07) is 12.6. The Kier molecular flexibility index (Phi) is 8.49. The summed E-state index contributed by atoms with van der Waals surface area (Å²) in [7, 11) is 4.37. The van der Waals surface area contributed by atoms with Crippen LogP contribution in [0, 0.1) is 6.92 Å². The van der Waals surface area contributed by atoms with Crippen molar-refractivity contribution in [1.29, 1.82) is 0 Å². The highest BCUT2D eigenvalue weighted by atomic mass is 16.6. The minimum Gasteiger partial charge on any atom is -0.493 e. The first-order valence-electron chi connectivity index (χ1n) is 11.9. The lowest BCUT2D eigenvalue weighted by atomic mass is 10.1. The van der Waals surface area contributed by atoms with Gasteiger partial charge in [-0.25, -0.2) is 9.59 Å². The fraction of sp³-hybridized carbons (Fsp3) is 0.370. The minimum absolute atomic E-state index is 0.107. The summed E-state index contributed by atoms with van der Waals surface area (Å²) in [5, 5.41) is 0. The van der Waals surface area contributed by atoms with Gasteiger partial charge in [-0.1, -0.05) is 30.3 Å². The Morgan fingerprint density at radius 2 is 1.74 bits per heavy atom. The van der Waals surface area contributed by atoms with Crippen molar-refractivity contribution < 1.29 is 33.2 Å². The first-order valence-corrected chi connectivity index (χ1v) is 11.9. The van der Waals surface area contributed by atoms with E-state index in [0.717, 1.165) is 5.56 Å². The normalized spacial score (nSPS) is 18.7. The molecule has 0 bridgehead atoms. The van der Waals surface area contributed by atoms with Crippen LogP contribution in [0.1, 0.15) is 34.1 Å². The number of nitrogens with zero attached hydrogens (tertiary/aromatic N) is 1. The summed E-state index contributed by atoms with van der Waals surface area (Å²) in [6.07, 6.45) is -0.602. The van der Waals surface area contributed by atoms with E-state index in [9.17, 15) is 14.4 Å². The van der Waals surface area contributed by atoms with Gasteiger partial charge in [0.25, 0.3) is 5.56 Å². The first kappa shape index (κ1) is 27.0. The molecule has 1 aromatic heterocycles. The van der Waals surface area contributed by atoms with Crippen molar-refractivity contribution in [3.63, 3.8) is 0 Å². The second kappa shape index (κ2) is 12.0. The lowest BCUT2D eigenvalue weighted by molar-refractivity contribution is -0.0710. The van der Waals surface area contributed by atoms with E-state index < -0.39 is 35.7 Å². The summed E-state index contributed by atoms with van der Waals surface area (Å²) in [5.74, 6) is 0.307. The number of ether oxygens (including phenoxy) is 6. The quantitative estimate of drug-likeness (QED) is 0.397. The van der Waals surface area contributed by atoms with Gasteiger partial charge in [-0.15, -0.1) is 0 Å². The number of carbonyl (C=O) groups is 1. The smallest absolute Gasteiger partial charge is 0.338 e. The maximum atomic E-state index is 13.2. The molecule has 11 nitrogen and oxygen atoms in total. The second-order valence-corrected chi connectivity index (χ2v) is 8.70. The van der Waals surface area contributed by atoms with Gasteiger partial charge >= 0.3 is 11.7 Å². The molecular weight excluding hydrogens is 496 g/mol. The number of hydrogen-bond donors (Lipinski definition) is 1. The van der Waals surface area contributed by atoms with Crippen molar-refractivity contribution in [2.75, 3.05) is 27.9 Å². The number of rotatable bonds is 10. The van der Waals surface area contributed by atoms with Crippen molar-refractivity contribution in [2.24, 2.45) is 0 Å². The van der Waals surface area contributed by atoms with Gasteiger partial charge < -0.3 is 28.4 Å². The fourth-order valence-corrected chi connectivity index (χ4v) is 4.22. The van der Waals surface area contributed by atoms with Crippen LogP contribution in [-0.2, 0) is 20.8 Å². The lowest BCUT2D eigenvalue weighted by Crippen LogP contribution is -2.33. The Bertz CT molecular complexity index is 1360. The summed E-state index contributed by atoms with van der Waals surface area (Å²) >= 11 is 0. The number of aryl methyl sites for hydroxylation is 1. The van der Waals surface area contributed by atoms with Crippen LogP contribution in [0.15, 0.2) is 58.3 Å². The van der Waals surface area contributed by atoms with Crippen molar-refractivity contribution in [3.05, 3.63) is 86.2 Å². The number of H-pyrrole nitrogens is 1. The van der Waals surface area contributed by atoms with Gasteiger partial charge in [-0.3, -0.25) is 14.3 Å². The molecule has 4 rings (SSSR count). The van der Waals surface area contributed by atoms with Crippen molar-refractivity contribution in [3.8, 4) is 17.2 Å². The summed E-state index contributed by atoms with van der Waals surface area (Å²) in [4.78, 5) is 39.8. The van der Waals surface area contributed by atoms with Crippen LogP contribution < -0.4 is 25.5 Å². The average molecular weight is 527 g/mol. The maximum absolute atomic E-state index is 13.2. The minimum atomic E-state index is -0.777. The van der Waals surface area contributed by atoms with Gasteiger partial charge in [0.2, 0.25) is 5.75 Å². The summed E-state index contributed by atoms with van der Waals surface area (Å²) in [6.45, 7) is 2.03. The van der Waals surface area contributed by atoms with Crippen LogP contribution in [-0.4, -0.2) is 55.7 Å². The molecule has 0 saturated carbocycles. The van der Waals surface area contributed by atoms with E-state index in [0.29, 0.717) is 29.4 Å². The summed E-state index contributed by atoms with van der Waals surface area (Å²) < 4.78 is 35.1. The molecule has 1 unspecified atom stereocenters. The van der Waals surface area contributed by atoms with Gasteiger partial charge in [0.1, 0.15) is 18.4 Å². The van der Waals surface area contributed by atoms with Gasteiger partial charge in [0.15, 0.2) is 11.5 Å². The van der Waals surface area contributed by atoms with Crippen molar-refractivity contribution in [1.82, 2.24) is 9.55 Å². The van der Waals surface area contributed by atoms with Crippen molar-refractivity contribution in [2.45, 2.75) is 38.4 Å². The molecule has 2 aromatic carbocycles. The number of methoxy groups -OCH3 is 3. The molecule has 38 heavy (non-hydrogen) atoms. The Balaban J connectivity index is 1.56. The molecule has 0 aliphatic carbocycles. The van der Waals surface area contributed by atoms with E-state index in [1.165, 1.54) is 44.2 Å². The molecule has 0 amide bonds. The van der Waals surface area contributed by atoms with E-state index in [1.807, 2.05) is 30.3 Å². The fourth-order valence-electron chi connectivity index (χ4n) is 4.22. The molecule has 11 heteroatoms. The van der Waals surface area contributed by atoms with E-state index in [-0.39, 0.29) is 18.6 Å². The Morgan fingerprint density at radius 1 is 1.05 bits per heavy atom. The molecule has 0 spiro atoms. The number of nitrogens with one attached hydrogen (secondary N) is 1. The zero-order valence-corrected chi connectivity index (χ0v) is 21.6. The predicted molar refractivity (Wildman–Crippen MR) is 136 cm³/mol. The standard InChI is InChI=1S/C27H30N2O9/c1-16-13-29(27(32)28-25(16)30)23-12-19(22(37-23)15-36-14-17-8-6-5-7-9-17)38-26(31)18-10-20(33-2)24(35-4)21(11-18)34-3/h5-11,13,19,22-23H,12,14-15H2,1-4H3,(H,28,30,32)/t19-,22+,23?/m0/s1. The SMILES string of the molecule is COc1cc(C(=O)O[C@H]2CC(n3cc(C)c(=O)[nH]c3=O)O[C@@H]2COCc2ccccc2)cc(OC)c1OC. The number of esters is 1. The Labute approximate surface area is 218 Å². The molecule has 0 radical (unpaired) electrons. The van der Waals surface area contributed by atoms with Crippen LogP contribution in [0.2, 0.25) is 0 Å². The Hall–Kier alpha value is -4.09. The van der Waals surface area contributed by atoms with Crippen LogP contribution in [0.5, 0.6) is 17.2 Å². The number of benzene rings is 2. The molecule has 1 N–H and O–H groups in total. The Morgan fingerprint density at radius 3 is 2.37 bits per heavy atom. The topological polar surface area (TPSA) is 127 Å². The molecule has 3 atom stereocenters. The highest BCUT2D eigenvalue weighted by Crippen LogP contribution is 2.39. The zero-order chi connectivity index (χ0) is 27.2. The van der Waals surface area contributed by atoms with Gasteiger partial charge in [-0.2, -0.15) is 0 Å². The molecular formula is C27H30N2O9. The second-order valence-electron chi connectivity index (χ2n) is 8.70. The zero-order valence-electron chi connectivity index (χ0n) is 21.6. The molecule has 1 aliphatic heterocycles. The summed E-state index contributed by atoms with van der Waals surface area (Å²) in [5.41, 5.74) is 0.413. The van der Waals surface area contributed by atoms with E-state index in [4.69, 9.17) is 28.4 Å². The number of aromatic amines is 1. The van der Waals surface area contributed by atoms with E-state index in [1.54, 1.807) is 6.92 Å². The lowest BCUT2D eigenvalue weighted by Gasteiger charge is -2.20. The van der Waals surface area contributed by atoms with Crippen molar-refractivity contribution >= 4 is 5.97 Å². The number of aromatic nitrogens is 2. The van der Waals surface area contributed by atoms with Gasteiger partial charge in [0, 0.05) is 18.2 Å². The molecule has 202 valence electrons. The number of hydrogen-bond acceptors (Lipinski definition) is 9. The van der Waals surface area contributed by atoms with E-state index >= 15 is 0 Å². The van der Waals surface area contributed by atoms with Crippen LogP contribution in [0.25, 0.3) is 0 Å². The average Bonchev–Trinajstić information content (AvgIpc) is 3.32. The van der Waals surface area contributed by atoms with E-state index in [2.05, 4.69) is 4.98 Å². The molecule has 2 heterocycles. The van der Waals surface area contributed by atoms with Gasteiger partial charge in [-0.05, 0) is 24.6 Å². The van der Waals surface area contributed by atoms with Crippen LogP contribution in [0.4, 0.5) is 0 Å². The monoisotopic (exact) mass is 526 g/mol. The molecule has 1 saturated heterocycles. The third-order valence-corrected chi connectivity index (χ3v) is 6.19. The molecule has 1 fully saturated rings. The first-order chi connectivity index (χ1) is 18.3. The van der Waals surface area contributed by atoms with Gasteiger partial charge in [0.05, 0.1) is 40.1 Å². The van der Waals surface area contributed by atoms with Crippen LogP contribution >= 0.6 is 0 Å². The third-order valence-electron chi connectivity index (χ3n) is 6.19. The molecule has 3 aromatic rings. The highest BCUT2D eigenvalue weighted by molar-refractivity contribution is 5.91. The third kappa shape index (κ3) is 5.90. The predicted octanol–water partition coefficient (Wildman–Crippen LogP) is 2.60.